The van der Waals surface area contributed by atoms with E-state index < -0.39 is 22.2 Å². The van der Waals surface area contributed by atoms with Crippen molar-refractivity contribution in [2.45, 2.75) is 44.6 Å². The van der Waals surface area contributed by atoms with Gasteiger partial charge >= 0.3 is 0 Å². The van der Waals surface area contributed by atoms with Gasteiger partial charge in [-0.15, -0.1) is 5.10 Å². The van der Waals surface area contributed by atoms with E-state index in [9.17, 15) is 14.8 Å². The maximum Gasteiger partial charge on any atom is 0.180 e. The van der Waals surface area contributed by atoms with Crippen molar-refractivity contribution in [2.24, 2.45) is 4.40 Å². The van der Waals surface area contributed by atoms with Crippen LogP contribution in [-0.4, -0.2) is 52.5 Å². The van der Waals surface area contributed by atoms with Crippen molar-refractivity contribution in [1.82, 2.24) is 20.2 Å². The quantitative estimate of drug-likeness (QED) is 0.393. The van der Waals surface area contributed by atoms with E-state index in [2.05, 4.69) is 19.9 Å². The smallest absolute Gasteiger partial charge is 0.180 e. The van der Waals surface area contributed by atoms with Crippen LogP contribution >= 0.6 is 0 Å². The largest absolute Gasteiger partial charge is 0.591 e. The Morgan fingerprint density at radius 3 is 2.56 bits per heavy atom. The fourth-order valence-electron chi connectivity index (χ4n) is 2.91. The van der Waals surface area contributed by atoms with Gasteiger partial charge in [-0.25, -0.2) is 4.68 Å². The summed E-state index contributed by atoms with van der Waals surface area (Å²) < 4.78 is 23.1. The lowest BCUT2D eigenvalue weighted by Gasteiger charge is -2.20. The third-order valence-corrected chi connectivity index (χ3v) is 6.09. The van der Waals surface area contributed by atoms with Gasteiger partial charge in [0, 0.05) is 18.1 Å². The highest BCUT2D eigenvalue weighted by Crippen LogP contribution is 2.29. The topological polar surface area (TPSA) is 129 Å². The molecule has 32 heavy (non-hydrogen) atoms. The van der Waals surface area contributed by atoms with Crippen molar-refractivity contribution in [1.29, 1.82) is 0 Å². The fourth-order valence-corrected chi connectivity index (χ4v) is 3.56. The standard InChI is InChI=1S/C22H27N5O4S/c1-22(2,3)32(30)24-18(17-11-10-16(31-4)12-19(17)28)13-20(29)21-23-25-26-27(21)14-15-8-6-5-7-9-15/h5-12,20,28-29H,13-14H2,1-4H3/b24-18+/t20-,32-/m0/s1. The summed E-state index contributed by atoms with van der Waals surface area (Å²) in [5.74, 6) is 0.621. The zero-order chi connectivity index (χ0) is 23.3. The second kappa shape index (κ2) is 10.1. The Hall–Kier alpha value is -2.95. The van der Waals surface area contributed by atoms with Gasteiger partial charge in [0.2, 0.25) is 0 Å². The minimum Gasteiger partial charge on any atom is -0.591 e. The molecule has 2 aromatic carbocycles. The molecular weight excluding hydrogens is 430 g/mol. The highest BCUT2D eigenvalue weighted by molar-refractivity contribution is 7.91. The molecule has 2 atom stereocenters. The summed E-state index contributed by atoms with van der Waals surface area (Å²) in [7, 11) is 1.49. The molecule has 3 rings (SSSR count). The number of phenolic OH excluding ortho intramolecular Hbond substituents is 1. The molecule has 0 aliphatic heterocycles. The van der Waals surface area contributed by atoms with Crippen LogP contribution in [0.4, 0.5) is 0 Å². The molecule has 0 spiro atoms. The molecule has 1 aromatic heterocycles. The molecule has 0 aliphatic carbocycles. The molecule has 0 aliphatic rings. The van der Waals surface area contributed by atoms with E-state index in [0.29, 0.717) is 17.9 Å². The summed E-state index contributed by atoms with van der Waals surface area (Å²) in [6.07, 6.45) is -1.18. The van der Waals surface area contributed by atoms with E-state index in [4.69, 9.17) is 4.74 Å². The molecule has 10 heteroatoms. The minimum absolute atomic E-state index is 0.0448. The van der Waals surface area contributed by atoms with Crippen molar-refractivity contribution in [3.8, 4) is 11.5 Å². The number of benzene rings is 2. The number of aromatic nitrogens is 4. The van der Waals surface area contributed by atoms with E-state index in [1.807, 2.05) is 30.3 Å². The van der Waals surface area contributed by atoms with Crippen LogP contribution in [0.1, 0.15) is 50.2 Å². The Bertz CT molecular complexity index is 1070. The Morgan fingerprint density at radius 1 is 1.22 bits per heavy atom. The Labute approximate surface area is 190 Å². The number of tetrazole rings is 1. The van der Waals surface area contributed by atoms with Gasteiger partial charge < -0.3 is 19.5 Å². The van der Waals surface area contributed by atoms with Crippen molar-refractivity contribution in [2.75, 3.05) is 7.11 Å². The summed E-state index contributed by atoms with van der Waals surface area (Å²) in [4.78, 5) is 0. The number of hydrogen-bond donors (Lipinski definition) is 2. The Kier molecular flexibility index (Phi) is 7.49. The van der Waals surface area contributed by atoms with Crippen LogP contribution in [0.25, 0.3) is 0 Å². The second-order valence-corrected chi connectivity index (χ2v) is 10.1. The zero-order valence-corrected chi connectivity index (χ0v) is 19.3. The number of aliphatic hydroxyl groups is 1. The number of aliphatic hydroxyl groups excluding tert-OH is 1. The van der Waals surface area contributed by atoms with E-state index in [-0.39, 0.29) is 23.7 Å². The normalized spacial score (nSPS) is 14.2. The van der Waals surface area contributed by atoms with Crippen LogP contribution in [-0.2, 0) is 17.9 Å². The Balaban J connectivity index is 1.92. The van der Waals surface area contributed by atoms with Gasteiger partial charge in [0.25, 0.3) is 0 Å². The van der Waals surface area contributed by atoms with Gasteiger partial charge in [0.05, 0.1) is 13.7 Å². The van der Waals surface area contributed by atoms with Crippen molar-refractivity contribution in [3.05, 3.63) is 65.5 Å². The molecule has 9 nitrogen and oxygen atoms in total. The molecule has 3 aromatic rings. The highest BCUT2D eigenvalue weighted by Gasteiger charge is 2.30. The van der Waals surface area contributed by atoms with Crippen LogP contribution < -0.4 is 4.74 Å². The molecular formula is C22H27N5O4S. The summed E-state index contributed by atoms with van der Waals surface area (Å²) >= 11 is -1.61. The van der Waals surface area contributed by atoms with Crippen molar-refractivity contribution >= 4 is 17.1 Å². The molecule has 0 saturated carbocycles. The van der Waals surface area contributed by atoms with Crippen LogP contribution in [0.2, 0.25) is 0 Å². The molecule has 0 saturated heterocycles. The number of methoxy groups -OCH3 is 1. The number of phenols is 1. The second-order valence-electron chi connectivity index (χ2n) is 8.18. The first-order valence-electron chi connectivity index (χ1n) is 10.0. The van der Waals surface area contributed by atoms with Gasteiger partial charge in [-0.2, -0.15) is 0 Å². The predicted octanol–water partition coefficient (Wildman–Crippen LogP) is 2.81. The Morgan fingerprint density at radius 2 is 1.94 bits per heavy atom. The van der Waals surface area contributed by atoms with Gasteiger partial charge in [0.1, 0.15) is 39.4 Å². The first-order chi connectivity index (χ1) is 15.2. The third kappa shape index (κ3) is 5.84. The van der Waals surface area contributed by atoms with Crippen LogP contribution in [0.5, 0.6) is 11.5 Å². The predicted molar refractivity (Wildman–Crippen MR) is 122 cm³/mol. The van der Waals surface area contributed by atoms with E-state index in [0.717, 1.165) is 5.56 Å². The van der Waals surface area contributed by atoms with Crippen LogP contribution in [0, 0.1) is 0 Å². The lowest BCUT2D eigenvalue weighted by molar-refractivity contribution is 0.170. The van der Waals surface area contributed by atoms with E-state index in [1.165, 1.54) is 17.9 Å². The monoisotopic (exact) mass is 457 g/mol. The summed E-state index contributed by atoms with van der Waals surface area (Å²) in [6.45, 7) is 5.78. The summed E-state index contributed by atoms with van der Waals surface area (Å²) in [5.41, 5.74) is 1.61. The zero-order valence-electron chi connectivity index (χ0n) is 18.5. The summed E-state index contributed by atoms with van der Waals surface area (Å²) in [5, 5.41) is 33.1. The lowest BCUT2D eigenvalue weighted by atomic mass is 10.0. The van der Waals surface area contributed by atoms with Gasteiger partial charge in [0.15, 0.2) is 5.82 Å². The SMILES string of the molecule is COc1ccc(/C(C[C@H](O)c2nnnn2Cc2ccccc2)=N/[S@@+]([O-])C(C)(C)C)c(O)c1. The van der Waals surface area contributed by atoms with E-state index >= 15 is 0 Å². The van der Waals surface area contributed by atoms with Gasteiger partial charge in [-0.1, -0.05) is 34.7 Å². The maximum absolute atomic E-state index is 12.7. The average molecular weight is 458 g/mol. The number of aromatic hydroxyl groups is 1. The fraction of sp³-hybridized carbons (Fsp3) is 0.364. The molecule has 0 bridgehead atoms. The molecule has 0 fully saturated rings. The number of nitrogens with zero attached hydrogens (tertiary/aromatic N) is 5. The number of rotatable bonds is 8. The number of ether oxygens (including phenoxy) is 1. The minimum atomic E-state index is -1.61. The number of hydrogen-bond acceptors (Lipinski definition) is 8. The van der Waals surface area contributed by atoms with Gasteiger partial charge in [-0.3, -0.25) is 0 Å². The molecule has 1 heterocycles. The third-order valence-electron chi connectivity index (χ3n) is 4.65. The van der Waals surface area contributed by atoms with Crippen molar-refractivity contribution in [3.63, 3.8) is 0 Å². The van der Waals surface area contributed by atoms with Crippen LogP contribution in [0.15, 0.2) is 52.9 Å². The van der Waals surface area contributed by atoms with Crippen LogP contribution in [0.3, 0.4) is 0 Å². The summed E-state index contributed by atoms with van der Waals surface area (Å²) in [6, 6.07) is 14.3. The average Bonchev–Trinajstić information content (AvgIpc) is 3.21. The lowest BCUT2D eigenvalue weighted by Crippen LogP contribution is -2.27. The molecule has 170 valence electrons. The molecule has 0 amide bonds. The van der Waals surface area contributed by atoms with Crippen molar-refractivity contribution < 1.29 is 19.5 Å². The molecule has 2 N–H and O–H groups in total. The highest BCUT2D eigenvalue weighted by atomic mass is 32.2. The molecule has 0 unspecified atom stereocenters. The van der Waals surface area contributed by atoms with Gasteiger partial charge in [-0.05, 0) is 48.9 Å². The first kappa shape index (κ1) is 23.7. The first-order valence-corrected chi connectivity index (χ1v) is 11.1. The maximum atomic E-state index is 12.7. The van der Waals surface area contributed by atoms with E-state index in [1.54, 1.807) is 32.9 Å². The molecule has 0 radical (unpaired) electrons.